The first-order valence-electron chi connectivity index (χ1n) is 2.96. The van der Waals surface area contributed by atoms with E-state index in [9.17, 15) is 4.79 Å². The highest BCUT2D eigenvalue weighted by molar-refractivity contribution is 6.18. The van der Waals surface area contributed by atoms with Crippen molar-refractivity contribution in [1.29, 1.82) is 0 Å². The summed E-state index contributed by atoms with van der Waals surface area (Å²) in [5.41, 5.74) is -0.409. The molecule has 0 aliphatic carbocycles. The average Bonchev–Trinajstić information content (AvgIpc) is 1.60. The lowest BCUT2D eigenvalue weighted by molar-refractivity contribution is 0.113. The Balaban J connectivity index is 4.22. The molecule has 4 heteroatoms. The maximum Gasteiger partial charge on any atom is 0.408 e. The highest BCUT2D eigenvalue weighted by atomic mass is 35.5. The summed E-state index contributed by atoms with van der Waals surface area (Å²) in [6, 6.07) is 0.0127. The van der Waals surface area contributed by atoms with Crippen LogP contribution in [0.2, 0.25) is 0 Å². The lowest BCUT2D eigenvalue weighted by Gasteiger charge is -2.30. The molecule has 60 valence electrons. The summed E-state index contributed by atoms with van der Waals surface area (Å²) in [4.78, 5) is 11.6. The van der Waals surface area contributed by atoms with E-state index < -0.39 is 11.6 Å². The maximum absolute atomic E-state index is 10.4. The third-order valence-corrected chi connectivity index (χ3v) is 1.40. The molecule has 0 aromatic rings. The number of hydrogen-bond acceptors (Lipinski definition) is 1. The highest BCUT2D eigenvalue weighted by Gasteiger charge is 2.24. The second kappa shape index (κ2) is 3.10. The van der Waals surface area contributed by atoms with Crippen molar-refractivity contribution in [3.05, 3.63) is 0 Å². The molecule has 1 N–H and O–H groups in total. The molecule has 0 radical (unpaired) electrons. The third kappa shape index (κ3) is 2.43. The fraction of sp³-hybridized carbons (Fsp3) is 0.833. The Labute approximate surface area is 65.6 Å². The van der Waals surface area contributed by atoms with E-state index in [2.05, 4.69) is 0 Å². The molecule has 0 aromatic heterocycles. The summed E-state index contributed by atoms with van der Waals surface area (Å²) in [6.45, 7) is 5.39. The Hall–Kier alpha value is -0.440. The van der Waals surface area contributed by atoms with Crippen LogP contribution in [0.4, 0.5) is 4.79 Å². The Bertz CT molecular complexity index is 130. The van der Waals surface area contributed by atoms with Crippen LogP contribution in [0.5, 0.6) is 0 Å². The van der Waals surface area contributed by atoms with Gasteiger partial charge in [-0.2, -0.15) is 0 Å². The van der Waals surface area contributed by atoms with E-state index in [-0.39, 0.29) is 6.00 Å². The van der Waals surface area contributed by atoms with Crippen molar-refractivity contribution in [2.24, 2.45) is 0 Å². The normalized spacial score (nSPS) is 11.2. The van der Waals surface area contributed by atoms with Crippen LogP contribution in [-0.2, 0) is 0 Å². The van der Waals surface area contributed by atoms with Gasteiger partial charge in [-0.15, -0.1) is 11.6 Å². The summed E-state index contributed by atoms with van der Waals surface area (Å²) < 4.78 is 0. The minimum atomic E-state index is -0.984. The van der Waals surface area contributed by atoms with E-state index in [1.165, 1.54) is 0 Å². The number of amides is 1. The number of carbonyl (C=O) groups is 1. The number of hydrogen-bond donors (Lipinski definition) is 1. The molecule has 0 atom stereocenters. The fourth-order valence-corrected chi connectivity index (χ4v) is 0.978. The predicted octanol–water partition coefficient (Wildman–Crippen LogP) is 1.96. The maximum atomic E-state index is 10.4. The quantitative estimate of drug-likeness (QED) is 0.477. The van der Waals surface area contributed by atoms with Crippen LogP contribution in [0.3, 0.4) is 0 Å². The first-order valence-corrected chi connectivity index (χ1v) is 3.49. The summed E-state index contributed by atoms with van der Waals surface area (Å²) >= 11 is 5.39. The smallest absolute Gasteiger partial charge is 0.408 e. The van der Waals surface area contributed by atoms with Crippen LogP contribution in [0.25, 0.3) is 0 Å². The fourth-order valence-electron chi connectivity index (χ4n) is 0.517. The molecule has 0 bridgehead atoms. The largest absolute Gasteiger partial charge is 0.465 e. The van der Waals surface area contributed by atoms with E-state index in [0.717, 1.165) is 4.90 Å². The van der Waals surface area contributed by atoms with E-state index in [0.29, 0.717) is 0 Å². The van der Waals surface area contributed by atoms with Crippen molar-refractivity contribution in [3.8, 4) is 0 Å². The Morgan fingerprint density at radius 2 is 2.00 bits per heavy atom. The molecule has 0 saturated heterocycles. The molecule has 3 nitrogen and oxygen atoms in total. The van der Waals surface area contributed by atoms with Crippen LogP contribution in [0, 0.1) is 0 Å². The van der Waals surface area contributed by atoms with Crippen LogP contribution in [0.1, 0.15) is 20.8 Å². The standard InChI is InChI=1S/C6H12ClNO2/c1-6(2,3)8(4-7)5(9)10/h4H2,1-3H3,(H,9,10). The molecule has 0 unspecified atom stereocenters. The van der Waals surface area contributed by atoms with Crippen LogP contribution in [-0.4, -0.2) is 27.6 Å². The van der Waals surface area contributed by atoms with Gasteiger partial charge in [0.1, 0.15) is 0 Å². The third-order valence-electron chi connectivity index (χ3n) is 1.16. The van der Waals surface area contributed by atoms with E-state index >= 15 is 0 Å². The van der Waals surface area contributed by atoms with Gasteiger partial charge in [0.25, 0.3) is 0 Å². The Kier molecular flexibility index (Phi) is 2.96. The van der Waals surface area contributed by atoms with Crippen molar-refractivity contribution in [2.45, 2.75) is 26.3 Å². The van der Waals surface area contributed by atoms with Gasteiger partial charge in [0.05, 0.1) is 6.00 Å². The lowest BCUT2D eigenvalue weighted by Crippen LogP contribution is -2.43. The second-order valence-corrected chi connectivity index (χ2v) is 3.24. The van der Waals surface area contributed by atoms with Gasteiger partial charge in [-0.25, -0.2) is 4.79 Å². The number of alkyl halides is 1. The average molecular weight is 166 g/mol. The number of halogens is 1. The number of nitrogens with zero attached hydrogens (tertiary/aromatic N) is 1. The lowest BCUT2D eigenvalue weighted by atomic mass is 10.1. The van der Waals surface area contributed by atoms with E-state index in [1.54, 1.807) is 20.8 Å². The number of carboxylic acid groups (broad SMARTS) is 1. The van der Waals surface area contributed by atoms with E-state index in [1.807, 2.05) is 0 Å². The summed E-state index contributed by atoms with van der Waals surface area (Å²) in [5, 5.41) is 8.55. The minimum absolute atomic E-state index is 0.0127. The molecule has 0 aromatic carbocycles. The second-order valence-electron chi connectivity index (χ2n) is 3.00. The molecular formula is C6H12ClNO2. The van der Waals surface area contributed by atoms with Gasteiger partial charge in [-0.05, 0) is 20.8 Å². The molecular weight excluding hydrogens is 154 g/mol. The van der Waals surface area contributed by atoms with Crippen molar-refractivity contribution in [3.63, 3.8) is 0 Å². The van der Waals surface area contributed by atoms with Gasteiger partial charge >= 0.3 is 6.09 Å². The van der Waals surface area contributed by atoms with Gasteiger partial charge in [-0.3, -0.25) is 4.90 Å². The zero-order valence-electron chi connectivity index (χ0n) is 6.39. The molecule has 10 heavy (non-hydrogen) atoms. The van der Waals surface area contributed by atoms with Gasteiger partial charge < -0.3 is 5.11 Å². The minimum Gasteiger partial charge on any atom is -0.465 e. The van der Waals surface area contributed by atoms with E-state index in [4.69, 9.17) is 16.7 Å². The van der Waals surface area contributed by atoms with Crippen molar-refractivity contribution in [2.75, 3.05) is 6.00 Å². The zero-order valence-corrected chi connectivity index (χ0v) is 7.14. The first-order chi connectivity index (χ1) is 4.39. The topological polar surface area (TPSA) is 40.5 Å². The number of rotatable bonds is 1. The Morgan fingerprint density at radius 3 is 2.00 bits per heavy atom. The van der Waals surface area contributed by atoms with Gasteiger partial charge in [0, 0.05) is 5.54 Å². The molecule has 0 aliphatic heterocycles. The van der Waals surface area contributed by atoms with Crippen LogP contribution in [0.15, 0.2) is 0 Å². The molecule has 0 heterocycles. The van der Waals surface area contributed by atoms with Crippen molar-refractivity contribution < 1.29 is 9.90 Å². The molecule has 0 fully saturated rings. The molecule has 0 saturated carbocycles. The molecule has 0 aliphatic rings. The first kappa shape index (κ1) is 9.56. The monoisotopic (exact) mass is 165 g/mol. The highest BCUT2D eigenvalue weighted by Crippen LogP contribution is 2.13. The molecule has 1 amide bonds. The van der Waals surface area contributed by atoms with Gasteiger partial charge in [0.2, 0.25) is 0 Å². The summed E-state index contributed by atoms with van der Waals surface area (Å²) in [6.07, 6.45) is -0.984. The SMILES string of the molecule is CC(C)(C)N(CCl)C(=O)O. The van der Waals surface area contributed by atoms with Crippen molar-refractivity contribution in [1.82, 2.24) is 4.90 Å². The van der Waals surface area contributed by atoms with Crippen molar-refractivity contribution >= 4 is 17.7 Å². The van der Waals surface area contributed by atoms with Gasteiger partial charge in [0.15, 0.2) is 0 Å². The van der Waals surface area contributed by atoms with Crippen LogP contribution >= 0.6 is 11.6 Å². The van der Waals surface area contributed by atoms with Crippen LogP contribution < -0.4 is 0 Å². The summed E-state index contributed by atoms with van der Waals surface area (Å²) in [5.74, 6) is 0. The molecule has 0 spiro atoms. The zero-order chi connectivity index (χ0) is 8.36. The predicted molar refractivity (Wildman–Crippen MR) is 40.3 cm³/mol. The Morgan fingerprint density at radius 1 is 1.60 bits per heavy atom. The van der Waals surface area contributed by atoms with Gasteiger partial charge in [-0.1, -0.05) is 0 Å². The molecule has 0 rings (SSSR count). The summed E-state index contributed by atoms with van der Waals surface area (Å²) in [7, 11) is 0.